The minimum Gasteiger partial charge on any atom is -0.480 e. The molecule has 0 radical (unpaired) electrons. The first-order chi connectivity index (χ1) is 8.65. The van der Waals surface area contributed by atoms with Crippen LogP contribution in [0.2, 0.25) is 5.02 Å². The Balaban J connectivity index is 2.63. The van der Waals surface area contributed by atoms with E-state index >= 15 is 0 Å². The summed E-state index contributed by atoms with van der Waals surface area (Å²) in [6, 6.07) is 6.25. The maximum Gasteiger partial charge on any atom is 0.325 e. The van der Waals surface area contributed by atoms with Crippen LogP contribution >= 0.6 is 11.6 Å². The number of hydrogen-bond acceptors (Lipinski definition) is 3. The largest absolute Gasteiger partial charge is 0.480 e. The molecular weight excluding hydrogens is 252 g/mol. The fourth-order valence-electron chi connectivity index (χ4n) is 1.93. The smallest absolute Gasteiger partial charge is 0.325 e. The van der Waals surface area contributed by atoms with Crippen molar-refractivity contribution in [1.82, 2.24) is 10.3 Å². The van der Waals surface area contributed by atoms with E-state index in [-0.39, 0.29) is 0 Å². The van der Waals surface area contributed by atoms with Gasteiger partial charge in [0.05, 0.1) is 5.52 Å². The molecule has 5 heteroatoms. The van der Waals surface area contributed by atoms with E-state index in [1.54, 1.807) is 24.4 Å². The highest BCUT2D eigenvalue weighted by Crippen LogP contribution is 2.28. The lowest BCUT2D eigenvalue weighted by atomic mass is 10.0. The first-order valence-corrected chi connectivity index (χ1v) is 6.02. The Bertz CT molecular complexity index is 586. The molecule has 2 aromatic rings. The molecule has 0 bridgehead atoms. The number of nitrogens with zero attached hydrogens (tertiary/aromatic N) is 1. The van der Waals surface area contributed by atoms with E-state index in [4.69, 9.17) is 11.6 Å². The second-order valence-corrected chi connectivity index (χ2v) is 4.27. The Morgan fingerprint density at radius 1 is 1.50 bits per heavy atom. The van der Waals surface area contributed by atoms with Gasteiger partial charge in [-0.2, -0.15) is 0 Å². The van der Waals surface area contributed by atoms with Crippen molar-refractivity contribution >= 4 is 28.5 Å². The van der Waals surface area contributed by atoms with Crippen LogP contribution in [-0.4, -0.2) is 22.6 Å². The number of carbonyl (C=O) groups is 1. The number of halogens is 1. The minimum atomic E-state index is -0.925. The quantitative estimate of drug-likeness (QED) is 0.891. The molecule has 94 valence electrons. The Morgan fingerprint density at radius 3 is 2.94 bits per heavy atom. The molecule has 2 rings (SSSR count). The van der Waals surface area contributed by atoms with Gasteiger partial charge in [0.15, 0.2) is 0 Å². The summed E-state index contributed by atoms with van der Waals surface area (Å²) in [4.78, 5) is 15.5. The molecule has 1 unspecified atom stereocenters. The fraction of sp³-hybridized carbons (Fsp3) is 0.231. The average Bonchev–Trinajstić information content (AvgIpc) is 2.37. The molecule has 0 aliphatic carbocycles. The molecule has 0 fully saturated rings. The van der Waals surface area contributed by atoms with Crippen LogP contribution in [0.25, 0.3) is 10.9 Å². The van der Waals surface area contributed by atoms with Crippen molar-refractivity contribution in [3.63, 3.8) is 0 Å². The summed E-state index contributed by atoms with van der Waals surface area (Å²) in [5, 5.41) is 13.5. The van der Waals surface area contributed by atoms with Gasteiger partial charge in [-0.3, -0.25) is 9.78 Å². The maximum absolute atomic E-state index is 11.3. The minimum absolute atomic E-state index is 0.563. The van der Waals surface area contributed by atoms with Gasteiger partial charge in [0.25, 0.3) is 0 Å². The first-order valence-electron chi connectivity index (χ1n) is 5.64. The zero-order valence-electron chi connectivity index (χ0n) is 9.85. The first kappa shape index (κ1) is 12.8. The molecule has 1 atom stereocenters. The fourth-order valence-corrected chi connectivity index (χ4v) is 2.14. The number of carboxylic acid groups (broad SMARTS) is 1. The Labute approximate surface area is 110 Å². The summed E-state index contributed by atoms with van der Waals surface area (Å²) in [6.07, 6.45) is 1.63. The molecule has 0 saturated carbocycles. The van der Waals surface area contributed by atoms with Gasteiger partial charge < -0.3 is 10.4 Å². The number of aliphatic carboxylic acids is 1. The van der Waals surface area contributed by atoms with Crippen molar-refractivity contribution in [2.45, 2.75) is 13.0 Å². The number of carboxylic acids is 1. The van der Waals surface area contributed by atoms with Gasteiger partial charge in [0, 0.05) is 22.2 Å². The van der Waals surface area contributed by atoms with Crippen LogP contribution in [-0.2, 0) is 4.79 Å². The van der Waals surface area contributed by atoms with Crippen molar-refractivity contribution in [3.05, 3.63) is 41.0 Å². The summed E-state index contributed by atoms with van der Waals surface area (Å²) < 4.78 is 0. The molecule has 18 heavy (non-hydrogen) atoms. The van der Waals surface area contributed by atoms with E-state index in [0.29, 0.717) is 22.6 Å². The second kappa shape index (κ2) is 5.33. The van der Waals surface area contributed by atoms with E-state index in [1.165, 1.54) is 0 Å². The number of pyridine rings is 1. The van der Waals surface area contributed by atoms with Gasteiger partial charge in [-0.15, -0.1) is 0 Å². The number of hydrogen-bond donors (Lipinski definition) is 2. The average molecular weight is 265 g/mol. The van der Waals surface area contributed by atoms with Crippen LogP contribution in [0.1, 0.15) is 18.5 Å². The Hall–Kier alpha value is -1.65. The second-order valence-electron chi connectivity index (χ2n) is 3.87. The molecule has 2 N–H and O–H groups in total. The van der Waals surface area contributed by atoms with Gasteiger partial charge in [-0.05, 0) is 24.7 Å². The lowest BCUT2D eigenvalue weighted by molar-refractivity contribution is -0.139. The van der Waals surface area contributed by atoms with Crippen LogP contribution in [0.5, 0.6) is 0 Å². The topological polar surface area (TPSA) is 62.2 Å². The number of benzene rings is 1. The van der Waals surface area contributed by atoms with E-state index in [9.17, 15) is 9.90 Å². The molecule has 0 aliphatic heterocycles. The highest BCUT2D eigenvalue weighted by atomic mass is 35.5. The Morgan fingerprint density at radius 2 is 2.28 bits per heavy atom. The molecule has 0 spiro atoms. The number of likely N-dealkylation sites (N-methyl/N-ethyl adjacent to an activating group) is 1. The normalized spacial score (nSPS) is 12.6. The van der Waals surface area contributed by atoms with Crippen LogP contribution in [0, 0.1) is 0 Å². The van der Waals surface area contributed by atoms with Gasteiger partial charge in [0.2, 0.25) is 0 Å². The van der Waals surface area contributed by atoms with E-state index in [2.05, 4.69) is 10.3 Å². The highest BCUT2D eigenvalue weighted by Gasteiger charge is 2.21. The van der Waals surface area contributed by atoms with Crippen molar-refractivity contribution in [2.75, 3.05) is 6.54 Å². The molecule has 1 aromatic carbocycles. The third-order valence-corrected chi connectivity index (χ3v) is 3.04. The predicted molar refractivity (Wildman–Crippen MR) is 70.8 cm³/mol. The van der Waals surface area contributed by atoms with Crippen molar-refractivity contribution in [1.29, 1.82) is 0 Å². The highest BCUT2D eigenvalue weighted by molar-refractivity contribution is 6.35. The molecule has 0 aliphatic rings. The summed E-state index contributed by atoms with van der Waals surface area (Å²) in [6.45, 7) is 2.43. The summed E-state index contributed by atoms with van der Waals surface area (Å²) >= 11 is 6.08. The van der Waals surface area contributed by atoms with E-state index in [1.807, 2.05) is 13.0 Å². The van der Waals surface area contributed by atoms with Crippen molar-refractivity contribution in [2.24, 2.45) is 0 Å². The van der Waals surface area contributed by atoms with Crippen molar-refractivity contribution in [3.8, 4) is 0 Å². The Kier molecular flexibility index (Phi) is 3.79. The summed E-state index contributed by atoms with van der Waals surface area (Å²) in [5.74, 6) is -0.925. The predicted octanol–water partition coefficient (Wildman–Crippen LogP) is 2.62. The molecule has 4 nitrogen and oxygen atoms in total. The lowest BCUT2D eigenvalue weighted by Crippen LogP contribution is -2.28. The van der Waals surface area contributed by atoms with Gasteiger partial charge in [-0.1, -0.05) is 24.6 Å². The molecule has 0 saturated heterocycles. The SMILES string of the molecule is CCNC(C(=O)O)c1ccc(Cl)c2cccnc12. The van der Waals surface area contributed by atoms with Gasteiger partial charge in [-0.25, -0.2) is 0 Å². The number of aromatic nitrogens is 1. The lowest BCUT2D eigenvalue weighted by Gasteiger charge is -2.15. The van der Waals surface area contributed by atoms with Crippen LogP contribution in [0.15, 0.2) is 30.5 Å². The van der Waals surface area contributed by atoms with Crippen LogP contribution in [0.4, 0.5) is 0 Å². The van der Waals surface area contributed by atoms with Crippen LogP contribution in [0.3, 0.4) is 0 Å². The molecular formula is C13H13ClN2O2. The zero-order chi connectivity index (χ0) is 13.1. The summed E-state index contributed by atoms with van der Waals surface area (Å²) in [5.41, 5.74) is 1.25. The van der Waals surface area contributed by atoms with E-state index < -0.39 is 12.0 Å². The van der Waals surface area contributed by atoms with Crippen LogP contribution < -0.4 is 5.32 Å². The zero-order valence-corrected chi connectivity index (χ0v) is 10.6. The third kappa shape index (κ3) is 2.30. The van der Waals surface area contributed by atoms with Gasteiger partial charge >= 0.3 is 5.97 Å². The van der Waals surface area contributed by atoms with Gasteiger partial charge in [0.1, 0.15) is 6.04 Å². The molecule has 0 amide bonds. The maximum atomic E-state index is 11.3. The molecule has 1 aromatic heterocycles. The monoisotopic (exact) mass is 264 g/mol. The number of fused-ring (bicyclic) bond motifs is 1. The molecule has 1 heterocycles. The standard InChI is InChI=1S/C13H13ClN2O2/c1-2-15-12(13(17)18)9-5-6-10(14)8-4-3-7-16-11(8)9/h3-7,12,15H,2H2,1H3,(H,17,18). The summed E-state index contributed by atoms with van der Waals surface area (Å²) in [7, 11) is 0. The number of nitrogens with one attached hydrogen (secondary N) is 1. The van der Waals surface area contributed by atoms with E-state index in [0.717, 1.165) is 5.39 Å². The number of rotatable bonds is 4. The third-order valence-electron chi connectivity index (χ3n) is 2.71. The van der Waals surface area contributed by atoms with Crippen molar-refractivity contribution < 1.29 is 9.90 Å².